The Morgan fingerprint density at radius 1 is 1.31 bits per heavy atom. The van der Waals surface area contributed by atoms with E-state index in [9.17, 15) is 13.6 Å². The summed E-state index contributed by atoms with van der Waals surface area (Å²) in [6.45, 7) is 4.37. The Kier molecular flexibility index (Phi) is 5.93. The van der Waals surface area contributed by atoms with Crippen molar-refractivity contribution in [3.63, 3.8) is 0 Å². The summed E-state index contributed by atoms with van der Waals surface area (Å²) in [4.78, 5) is 18.3. The van der Waals surface area contributed by atoms with Gasteiger partial charge in [-0.1, -0.05) is 0 Å². The summed E-state index contributed by atoms with van der Waals surface area (Å²) in [6, 6.07) is 5.39. The third-order valence-corrected chi connectivity index (χ3v) is 4.57. The smallest absolute Gasteiger partial charge is 0.310 e. The van der Waals surface area contributed by atoms with Crippen molar-refractivity contribution < 1.29 is 18.3 Å². The van der Waals surface area contributed by atoms with Crippen molar-refractivity contribution in [2.75, 3.05) is 19.7 Å². The molecule has 138 valence electrons. The second-order valence-corrected chi connectivity index (χ2v) is 6.53. The van der Waals surface area contributed by atoms with Gasteiger partial charge in [-0.25, -0.2) is 8.78 Å². The first-order valence-corrected chi connectivity index (χ1v) is 8.85. The average molecular weight is 360 g/mol. The van der Waals surface area contributed by atoms with Gasteiger partial charge in [0.05, 0.1) is 12.5 Å². The lowest BCUT2D eigenvalue weighted by Gasteiger charge is -2.31. The number of likely N-dealkylation sites (tertiary alicyclic amines) is 1. The summed E-state index contributed by atoms with van der Waals surface area (Å²) in [7, 11) is 0. The number of ether oxygens (including phenoxy) is 1. The first-order chi connectivity index (χ1) is 12.6. The fourth-order valence-corrected chi connectivity index (χ4v) is 3.35. The van der Waals surface area contributed by atoms with E-state index in [2.05, 4.69) is 9.88 Å². The van der Waals surface area contributed by atoms with Crippen molar-refractivity contribution >= 4 is 5.97 Å². The molecule has 0 spiro atoms. The quantitative estimate of drug-likeness (QED) is 0.761. The van der Waals surface area contributed by atoms with Crippen LogP contribution in [0.1, 0.15) is 25.3 Å². The highest BCUT2D eigenvalue weighted by atomic mass is 19.1. The molecular weight excluding hydrogens is 338 g/mol. The van der Waals surface area contributed by atoms with Crippen LogP contribution in [0.25, 0.3) is 11.1 Å². The SMILES string of the molecule is CCOC(=O)[C@H]1CCCN(Cc2cncc(-c3ccc(F)cc3F)c2)C1. The Morgan fingerprint density at radius 3 is 2.92 bits per heavy atom. The van der Waals surface area contributed by atoms with Gasteiger partial charge < -0.3 is 4.74 Å². The van der Waals surface area contributed by atoms with Gasteiger partial charge in [0.1, 0.15) is 11.6 Å². The molecule has 0 saturated carbocycles. The number of hydrogen-bond donors (Lipinski definition) is 0. The van der Waals surface area contributed by atoms with Gasteiger partial charge in [0.2, 0.25) is 0 Å². The molecule has 1 aliphatic rings. The molecule has 3 rings (SSSR count). The van der Waals surface area contributed by atoms with E-state index in [-0.39, 0.29) is 11.9 Å². The van der Waals surface area contributed by atoms with Crippen LogP contribution in [0.5, 0.6) is 0 Å². The van der Waals surface area contributed by atoms with Crippen molar-refractivity contribution in [2.45, 2.75) is 26.3 Å². The van der Waals surface area contributed by atoms with Crippen LogP contribution in [0.4, 0.5) is 8.78 Å². The zero-order valence-corrected chi connectivity index (χ0v) is 14.8. The normalized spacial score (nSPS) is 17.9. The first-order valence-electron chi connectivity index (χ1n) is 8.85. The van der Waals surface area contributed by atoms with Crippen molar-refractivity contribution in [3.05, 3.63) is 53.9 Å². The zero-order chi connectivity index (χ0) is 18.5. The maximum Gasteiger partial charge on any atom is 0.310 e. The van der Waals surface area contributed by atoms with E-state index in [1.54, 1.807) is 12.4 Å². The van der Waals surface area contributed by atoms with E-state index in [1.165, 1.54) is 12.1 Å². The first kappa shape index (κ1) is 18.5. The molecule has 0 bridgehead atoms. The molecule has 0 radical (unpaired) electrons. The molecule has 0 N–H and O–H groups in total. The molecule has 1 aliphatic heterocycles. The molecule has 6 heteroatoms. The maximum atomic E-state index is 14.0. The molecule has 1 aromatic carbocycles. The van der Waals surface area contributed by atoms with Gasteiger partial charge in [0, 0.05) is 42.7 Å². The van der Waals surface area contributed by atoms with E-state index < -0.39 is 11.6 Å². The molecule has 0 amide bonds. The predicted octanol–water partition coefficient (Wildman–Crippen LogP) is 3.80. The number of rotatable bonds is 5. The Balaban J connectivity index is 1.71. The molecule has 26 heavy (non-hydrogen) atoms. The summed E-state index contributed by atoms with van der Waals surface area (Å²) in [5.74, 6) is -1.45. The molecule has 1 saturated heterocycles. The largest absolute Gasteiger partial charge is 0.466 e. The highest BCUT2D eigenvalue weighted by molar-refractivity contribution is 5.72. The Labute approximate surface area is 151 Å². The molecule has 2 heterocycles. The standard InChI is InChI=1S/C20H22F2N2O2/c1-2-26-20(25)15-4-3-7-24(13-15)12-14-8-16(11-23-10-14)18-6-5-17(21)9-19(18)22/h5-6,8-11,15H,2-4,7,12-13H2,1H3/t15-/m0/s1. The van der Waals surface area contributed by atoms with Crippen molar-refractivity contribution in [3.8, 4) is 11.1 Å². The number of hydrogen-bond acceptors (Lipinski definition) is 4. The monoisotopic (exact) mass is 360 g/mol. The van der Waals surface area contributed by atoms with Gasteiger partial charge in [0.25, 0.3) is 0 Å². The van der Waals surface area contributed by atoms with Crippen LogP contribution < -0.4 is 0 Å². The topological polar surface area (TPSA) is 42.4 Å². The number of carbonyl (C=O) groups excluding carboxylic acids is 1. The number of aromatic nitrogens is 1. The highest BCUT2D eigenvalue weighted by Crippen LogP contribution is 2.25. The minimum absolute atomic E-state index is 0.102. The van der Waals surface area contributed by atoms with E-state index >= 15 is 0 Å². The molecule has 0 aliphatic carbocycles. The van der Waals surface area contributed by atoms with Gasteiger partial charge in [-0.05, 0) is 50.1 Å². The number of halogens is 2. The van der Waals surface area contributed by atoms with E-state index in [0.717, 1.165) is 31.0 Å². The number of pyridine rings is 1. The van der Waals surface area contributed by atoms with Gasteiger partial charge in [-0.15, -0.1) is 0 Å². The number of benzene rings is 1. The van der Waals surface area contributed by atoms with Crippen LogP contribution in [-0.4, -0.2) is 35.5 Å². The predicted molar refractivity (Wildman–Crippen MR) is 94.2 cm³/mol. The van der Waals surface area contributed by atoms with Gasteiger partial charge >= 0.3 is 5.97 Å². The summed E-state index contributed by atoms with van der Waals surface area (Å²) < 4.78 is 32.2. The van der Waals surface area contributed by atoms with E-state index in [4.69, 9.17) is 4.74 Å². The molecule has 2 aromatic rings. The maximum absolute atomic E-state index is 14.0. The Morgan fingerprint density at radius 2 is 2.15 bits per heavy atom. The summed E-state index contributed by atoms with van der Waals surface area (Å²) >= 11 is 0. The molecule has 1 aromatic heterocycles. The second kappa shape index (κ2) is 8.36. The highest BCUT2D eigenvalue weighted by Gasteiger charge is 2.26. The van der Waals surface area contributed by atoms with Crippen LogP contribution in [0.3, 0.4) is 0 Å². The summed E-state index contributed by atoms with van der Waals surface area (Å²) in [5.41, 5.74) is 1.86. The zero-order valence-electron chi connectivity index (χ0n) is 14.8. The Hall–Kier alpha value is -2.34. The van der Waals surface area contributed by atoms with E-state index in [0.29, 0.717) is 30.8 Å². The van der Waals surface area contributed by atoms with Crippen LogP contribution in [0, 0.1) is 17.6 Å². The third kappa shape index (κ3) is 4.43. The van der Waals surface area contributed by atoms with Gasteiger partial charge in [-0.3, -0.25) is 14.7 Å². The van der Waals surface area contributed by atoms with Crippen LogP contribution >= 0.6 is 0 Å². The number of nitrogens with zero attached hydrogens (tertiary/aromatic N) is 2. The van der Waals surface area contributed by atoms with Crippen molar-refractivity contribution in [1.82, 2.24) is 9.88 Å². The van der Waals surface area contributed by atoms with Crippen LogP contribution in [0.2, 0.25) is 0 Å². The van der Waals surface area contributed by atoms with E-state index in [1.807, 2.05) is 13.0 Å². The second-order valence-electron chi connectivity index (χ2n) is 6.53. The number of piperidine rings is 1. The molecule has 1 fully saturated rings. The number of esters is 1. The van der Waals surface area contributed by atoms with Crippen molar-refractivity contribution in [1.29, 1.82) is 0 Å². The minimum atomic E-state index is -0.607. The fraction of sp³-hybridized carbons (Fsp3) is 0.400. The van der Waals surface area contributed by atoms with Crippen LogP contribution in [0.15, 0.2) is 36.7 Å². The summed E-state index contributed by atoms with van der Waals surface area (Å²) in [6.07, 6.45) is 5.08. The van der Waals surface area contributed by atoms with Crippen molar-refractivity contribution in [2.24, 2.45) is 5.92 Å². The molecular formula is C20H22F2N2O2. The molecule has 1 atom stereocenters. The lowest BCUT2D eigenvalue weighted by molar-refractivity contribution is -0.150. The minimum Gasteiger partial charge on any atom is -0.466 e. The van der Waals surface area contributed by atoms with Gasteiger partial charge in [-0.2, -0.15) is 0 Å². The Bertz CT molecular complexity index is 782. The average Bonchev–Trinajstić information content (AvgIpc) is 2.62. The number of carbonyl (C=O) groups is 1. The lowest BCUT2D eigenvalue weighted by atomic mass is 9.97. The molecule has 0 unspecified atom stereocenters. The summed E-state index contributed by atoms with van der Waals surface area (Å²) in [5, 5.41) is 0. The molecule has 4 nitrogen and oxygen atoms in total. The third-order valence-electron chi connectivity index (χ3n) is 4.57. The van der Waals surface area contributed by atoms with Crippen LogP contribution in [-0.2, 0) is 16.1 Å². The van der Waals surface area contributed by atoms with Gasteiger partial charge in [0.15, 0.2) is 0 Å². The lowest BCUT2D eigenvalue weighted by Crippen LogP contribution is -2.38. The fourth-order valence-electron chi connectivity index (χ4n) is 3.35.